The summed E-state index contributed by atoms with van der Waals surface area (Å²) in [4.78, 5) is 10.9. The van der Waals surface area contributed by atoms with Gasteiger partial charge in [0.25, 0.3) is 5.78 Å². The van der Waals surface area contributed by atoms with Gasteiger partial charge in [0, 0.05) is 10.0 Å². The number of carbonyl (C=O) groups excluding carboxylic acids is 1. The van der Waals surface area contributed by atoms with Gasteiger partial charge < -0.3 is 0 Å². The van der Waals surface area contributed by atoms with Crippen molar-refractivity contribution in [3.8, 4) is 0 Å². The molecule has 0 atom stereocenters. The number of hydrogen-bond donors (Lipinski definition) is 0. The van der Waals surface area contributed by atoms with Crippen LogP contribution in [0, 0.1) is 6.92 Å². The number of carbonyl (C=O) groups is 1. The van der Waals surface area contributed by atoms with Gasteiger partial charge in [-0.25, -0.2) is 0 Å². The molecule has 5 heteroatoms. The first-order valence-corrected chi connectivity index (χ1v) is 4.49. The van der Waals surface area contributed by atoms with Crippen LogP contribution in [-0.2, 0) is 0 Å². The highest BCUT2D eigenvalue weighted by atomic mass is 79.9. The second kappa shape index (κ2) is 3.73. The van der Waals surface area contributed by atoms with Crippen LogP contribution in [0.3, 0.4) is 0 Å². The molecule has 0 spiro atoms. The van der Waals surface area contributed by atoms with E-state index >= 15 is 0 Å². The molecule has 14 heavy (non-hydrogen) atoms. The third-order valence-corrected chi connectivity index (χ3v) is 2.32. The van der Waals surface area contributed by atoms with Gasteiger partial charge in [-0.2, -0.15) is 13.2 Å². The molecule has 0 heterocycles. The first kappa shape index (κ1) is 11.2. The van der Waals surface area contributed by atoms with Gasteiger partial charge in [-0.3, -0.25) is 4.79 Å². The number of rotatable bonds is 1. The highest BCUT2D eigenvalue weighted by Gasteiger charge is 2.40. The highest BCUT2D eigenvalue weighted by molar-refractivity contribution is 9.10. The van der Waals surface area contributed by atoms with Crippen LogP contribution in [0.15, 0.2) is 22.7 Å². The zero-order valence-corrected chi connectivity index (χ0v) is 8.74. The molecule has 0 unspecified atom stereocenters. The van der Waals surface area contributed by atoms with E-state index in [1.165, 1.54) is 12.1 Å². The van der Waals surface area contributed by atoms with Crippen LogP contribution in [0.5, 0.6) is 0 Å². The van der Waals surface area contributed by atoms with Crippen molar-refractivity contribution >= 4 is 21.7 Å². The summed E-state index contributed by atoms with van der Waals surface area (Å²) in [6.07, 6.45) is -4.82. The average molecular weight is 267 g/mol. The van der Waals surface area contributed by atoms with Crippen molar-refractivity contribution in [2.45, 2.75) is 13.1 Å². The van der Waals surface area contributed by atoms with Gasteiger partial charge in [0.1, 0.15) is 0 Å². The van der Waals surface area contributed by atoms with Crippen molar-refractivity contribution in [2.75, 3.05) is 0 Å². The van der Waals surface area contributed by atoms with E-state index in [0.29, 0.717) is 5.56 Å². The van der Waals surface area contributed by atoms with Gasteiger partial charge in [0.15, 0.2) is 0 Å². The Labute approximate surface area is 87.1 Å². The fraction of sp³-hybridized carbons (Fsp3) is 0.222. The number of halogens is 4. The first-order valence-electron chi connectivity index (χ1n) is 3.70. The summed E-state index contributed by atoms with van der Waals surface area (Å²) in [6, 6.07) is 4.26. The molecule has 1 aromatic rings. The molecule has 0 aromatic heterocycles. The van der Waals surface area contributed by atoms with Gasteiger partial charge >= 0.3 is 6.18 Å². The molecule has 0 aliphatic carbocycles. The maximum Gasteiger partial charge on any atom is 0.454 e. The van der Waals surface area contributed by atoms with E-state index in [4.69, 9.17) is 0 Å². The van der Waals surface area contributed by atoms with Crippen LogP contribution in [0.1, 0.15) is 15.9 Å². The number of aryl methyl sites for hydroxylation is 1. The third-order valence-electron chi connectivity index (χ3n) is 1.62. The number of alkyl halides is 3. The summed E-state index contributed by atoms with van der Waals surface area (Å²) in [5.41, 5.74) is 0.262. The fourth-order valence-corrected chi connectivity index (χ4v) is 1.39. The standard InChI is InChI=1S/C9H6BrF3O/c1-5-2-3-7(10)6(4-5)8(14)9(11,12)13/h2-4H,1H3. The lowest BCUT2D eigenvalue weighted by atomic mass is 10.1. The lowest BCUT2D eigenvalue weighted by Gasteiger charge is -2.07. The molecule has 0 N–H and O–H groups in total. The summed E-state index contributed by atoms with van der Waals surface area (Å²) in [7, 11) is 0. The number of hydrogen-bond acceptors (Lipinski definition) is 1. The summed E-state index contributed by atoms with van der Waals surface area (Å²) >= 11 is 2.90. The minimum Gasteiger partial charge on any atom is -0.284 e. The lowest BCUT2D eigenvalue weighted by Crippen LogP contribution is -2.23. The Morgan fingerprint density at radius 3 is 2.43 bits per heavy atom. The van der Waals surface area contributed by atoms with E-state index < -0.39 is 12.0 Å². The minimum absolute atomic E-state index is 0.158. The molecule has 0 saturated heterocycles. The maximum absolute atomic E-state index is 12.1. The monoisotopic (exact) mass is 266 g/mol. The van der Waals surface area contributed by atoms with Gasteiger partial charge in [-0.1, -0.05) is 27.6 Å². The second-order valence-electron chi connectivity index (χ2n) is 2.81. The molecule has 1 rings (SSSR count). The van der Waals surface area contributed by atoms with E-state index in [-0.39, 0.29) is 10.0 Å². The van der Waals surface area contributed by atoms with E-state index in [9.17, 15) is 18.0 Å². The van der Waals surface area contributed by atoms with Crippen molar-refractivity contribution in [1.29, 1.82) is 0 Å². The predicted octanol–water partition coefficient (Wildman–Crippen LogP) is 3.50. The second-order valence-corrected chi connectivity index (χ2v) is 3.66. The van der Waals surface area contributed by atoms with Crippen molar-refractivity contribution in [3.63, 3.8) is 0 Å². The zero-order valence-electron chi connectivity index (χ0n) is 7.15. The third kappa shape index (κ3) is 2.35. The molecule has 0 aliphatic heterocycles. The Morgan fingerprint density at radius 1 is 1.36 bits per heavy atom. The maximum atomic E-state index is 12.1. The SMILES string of the molecule is Cc1ccc(Br)c(C(=O)C(F)(F)F)c1. The molecule has 0 fully saturated rings. The molecule has 76 valence electrons. The molecular formula is C9H6BrF3O. The molecule has 0 saturated carbocycles. The van der Waals surface area contributed by atoms with E-state index in [2.05, 4.69) is 15.9 Å². The molecule has 0 radical (unpaired) electrons. The Bertz CT molecular complexity index is 371. The predicted molar refractivity (Wildman–Crippen MR) is 49.3 cm³/mol. The minimum atomic E-state index is -4.82. The van der Waals surface area contributed by atoms with Crippen molar-refractivity contribution < 1.29 is 18.0 Å². The largest absolute Gasteiger partial charge is 0.454 e. The molecule has 1 aromatic carbocycles. The van der Waals surface area contributed by atoms with Crippen molar-refractivity contribution in [3.05, 3.63) is 33.8 Å². The van der Waals surface area contributed by atoms with Crippen LogP contribution in [0.2, 0.25) is 0 Å². The van der Waals surface area contributed by atoms with Crippen LogP contribution in [0.4, 0.5) is 13.2 Å². The molecule has 0 amide bonds. The van der Waals surface area contributed by atoms with Crippen LogP contribution in [0.25, 0.3) is 0 Å². The zero-order chi connectivity index (χ0) is 10.9. The number of benzene rings is 1. The summed E-state index contributed by atoms with van der Waals surface area (Å²) in [5.74, 6) is -1.83. The van der Waals surface area contributed by atoms with Gasteiger partial charge in [-0.05, 0) is 19.1 Å². The van der Waals surface area contributed by atoms with E-state index in [1.54, 1.807) is 13.0 Å². The fourth-order valence-electron chi connectivity index (χ4n) is 0.966. The van der Waals surface area contributed by atoms with Gasteiger partial charge in [0.05, 0.1) is 0 Å². The van der Waals surface area contributed by atoms with Crippen molar-refractivity contribution in [1.82, 2.24) is 0 Å². The van der Waals surface area contributed by atoms with E-state index in [0.717, 1.165) is 0 Å². The Morgan fingerprint density at radius 2 is 1.93 bits per heavy atom. The molecular weight excluding hydrogens is 261 g/mol. The Balaban J connectivity index is 3.19. The van der Waals surface area contributed by atoms with Crippen LogP contribution < -0.4 is 0 Å². The lowest BCUT2D eigenvalue weighted by molar-refractivity contribution is -0.0885. The quantitative estimate of drug-likeness (QED) is 0.711. The number of Topliss-reactive ketones (excluding diaryl/α,β-unsaturated/α-hetero) is 1. The number of ketones is 1. The highest BCUT2D eigenvalue weighted by Crippen LogP contribution is 2.27. The summed E-state index contributed by atoms with van der Waals surface area (Å²) < 4.78 is 36.4. The van der Waals surface area contributed by atoms with Gasteiger partial charge in [-0.15, -0.1) is 0 Å². The van der Waals surface area contributed by atoms with Crippen molar-refractivity contribution in [2.24, 2.45) is 0 Å². The summed E-state index contributed by atoms with van der Waals surface area (Å²) in [5, 5.41) is 0. The molecule has 0 aliphatic rings. The van der Waals surface area contributed by atoms with Gasteiger partial charge in [0.2, 0.25) is 0 Å². The summed E-state index contributed by atoms with van der Waals surface area (Å²) in [6.45, 7) is 1.62. The Kier molecular flexibility index (Phi) is 2.99. The van der Waals surface area contributed by atoms with Crippen LogP contribution >= 0.6 is 15.9 Å². The topological polar surface area (TPSA) is 17.1 Å². The average Bonchev–Trinajstić information content (AvgIpc) is 2.06. The smallest absolute Gasteiger partial charge is 0.284 e. The molecule has 0 bridgehead atoms. The first-order chi connectivity index (χ1) is 6.32. The normalized spacial score (nSPS) is 11.5. The Hall–Kier alpha value is -0.840. The molecule has 1 nitrogen and oxygen atoms in total. The van der Waals surface area contributed by atoms with Crippen LogP contribution in [-0.4, -0.2) is 12.0 Å². The van der Waals surface area contributed by atoms with E-state index in [1.807, 2.05) is 0 Å².